The van der Waals surface area contributed by atoms with Crippen molar-refractivity contribution >= 4 is 44.8 Å². The van der Waals surface area contributed by atoms with Crippen LogP contribution in [0.3, 0.4) is 0 Å². The van der Waals surface area contributed by atoms with Gasteiger partial charge in [-0.3, -0.25) is 9.78 Å². The predicted octanol–water partition coefficient (Wildman–Crippen LogP) is 2.73. The smallest absolute Gasteiger partial charge is 0.257 e. The lowest BCUT2D eigenvalue weighted by molar-refractivity contribution is 0.102. The van der Waals surface area contributed by atoms with Crippen molar-refractivity contribution in [2.24, 2.45) is 0 Å². The number of nitrogens with two attached hydrogens (primary N) is 1. The van der Waals surface area contributed by atoms with E-state index in [1.54, 1.807) is 30.9 Å². The molecule has 3 N–H and O–H groups in total. The highest BCUT2D eigenvalue weighted by atomic mass is 32.1. The van der Waals surface area contributed by atoms with Crippen LogP contribution in [0.5, 0.6) is 0 Å². The average Bonchev–Trinajstić information content (AvgIpc) is 3.25. The van der Waals surface area contributed by atoms with Gasteiger partial charge >= 0.3 is 0 Å². The van der Waals surface area contributed by atoms with E-state index in [9.17, 15) is 4.79 Å². The standard InChI is InChI=1S/C22H22N8OS/c1-29-4-6-30(7-5-29)20-10-14(2-3-24-20)21(31)28-19-9-15-8-17(18-13-27-22(23)32-18)25-11-16(15)12-26-19/h2-3,8-13H,4-7H2,1H3,(H2,23,27)(H,26,28,31). The molecule has 1 fully saturated rings. The monoisotopic (exact) mass is 446 g/mol. The first-order valence-electron chi connectivity index (χ1n) is 10.2. The van der Waals surface area contributed by atoms with Crippen molar-refractivity contribution in [3.8, 4) is 10.6 Å². The van der Waals surface area contributed by atoms with E-state index in [0.717, 1.165) is 53.3 Å². The van der Waals surface area contributed by atoms with Gasteiger partial charge in [0.2, 0.25) is 0 Å². The van der Waals surface area contributed by atoms with Crippen molar-refractivity contribution < 1.29 is 4.79 Å². The summed E-state index contributed by atoms with van der Waals surface area (Å²) in [6, 6.07) is 7.33. The molecule has 162 valence electrons. The predicted molar refractivity (Wildman–Crippen MR) is 127 cm³/mol. The quantitative estimate of drug-likeness (QED) is 0.492. The Morgan fingerprint density at radius 1 is 1.00 bits per heavy atom. The minimum Gasteiger partial charge on any atom is -0.375 e. The maximum atomic E-state index is 12.9. The first kappa shape index (κ1) is 20.3. The Kier molecular flexibility index (Phi) is 5.38. The summed E-state index contributed by atoms with van der Waals surface area (Å²) < 4.78 is 0. The Labute approximate surface area is 189 Å². The van der Waals surface area contributed by atoms with Crippen molar-refractivity contribution in [3.05, 3.63) is 54.6 Å². The Morgan fingerprint density at radius 3 is 2.59 bits per heavy atom. The summed E-state index contributed by atoms with van der Waals surface area (Å²) in [5, 5.41) is 5.19. The number of carbonyl (C=O) groups excluding carboxylic acids is 1. The van der Waals surface area contributed by atoms with E-state index >= 15 is 0 Å². The molecule has 0 saturated carbocycles. The molecule has 0 aliphatic carbocycles. The molecule has 0 bridgehead atoms. The Balaban J connectivity index is 1.36. The highest BCUT2D eigenvalue weighted by molar-refractivity contribution is 7.18. The molecule has 0 aromatic carbocycles. The molecule has 1 aliphatic rings. The third-order valence-electron chi connectivity index (χ3n) is 5.46. The van der Waals surface area contributed by atoms with Crippen molar-refractivity contribution in [1.82, 2.24) is 24.8 Å². The van der Waals surface area contributed by atoms with Crippen LogP contribution in [0, 0.1) is 0 Å². The number of nitrogens with zero attached hydrogens (tertiary/aromatic N) is 6. The number of amides is 1. The number of fused-ring (bicyclic) bond motifs is 1. The number of pyridine rings is 3. The Morgan fingerprint density at radius 2 is 1.81 bits per heavy atom. The summed E-state index contributed by atoms with van der Waals surface area (Å²) in [7, 11) is 2.11. The van der Waals surface area contributed by atoms with Crippen molar-refractivity contribution in [2.45, 2.75) is 0 Å². The SMILES string of the molecule is CN1CCN(c2cc(C(=O)Nc3cc4cc(-c5cnc(N)s5)ncc4cn3)ccn2)CC1. The van der Waals surface area contributed by atoms with Gasteiger partial charge in [0.05, 0.1) is 10.6 Å². The molecule has 1 saturated heterocycles. The summed E-state index contributed by atoms with van der Waals surface area (Å²) in [5.41, 5.74) is 7.07. The normalized spacial score (nSPS) is 14.6. The number of piperazine rings is 1. The first-order chi connectivity index (χ1) is 15.5. The number of thiazole rings is 1. The van der Waals surface area contributed by atoms with Crippen molar-refractivity contribution in [2.75, 3.05) is 49.2 Å². The van der Waals surface area contributed by atoms with Gasteiger partial charge in [-0.2, -0.15) is 0 Å². The summed E-state index contributed by atoms with van der Waals surface area (Å²) in [6.45, 7) is 3.74. The number of nitrogen functional groups attached to an aromatic ring is 1. The topological polar surface area (TPSA) is 113 Å². The number of rotatable bonds is 4. The van der Waals surface area contributed by atoms with Gasteiger partial charge in [-0.25, -0.2) is 15.0 Å². The van der Waals surface area contributed by atoms with Gasteiger partial charge < -0.3 is 20.9 Å². The number of aromatic nitrogens is 4. The first-order valence-corrected chi connectivity index (χ1v) is 11.1. The van der Waals surface area contributed by atoms with E-state index < -0.39 is 0 Å². The fraction of sp³-hybridized carbons (Fsp3) is 0.227. The Hall–Kier alpha value is -3.63. The van der Waals surface area contributed by atoms with Gasteiger partial charge in [-0.15, -0.1) is 0 Å². The minimum atomic E-state index is -0.223. The number of carbonyl (C=O) groups is 1. The highest BCUT2D eigenvalue weighted by Gasteiger charge is 2.17. The molecule has 9 nitrogen and oxygen atoms in total. The lowest BCUT2D eigenvalue weighted by Crippen LogP contribution is -2.44. The van der Waals surface area contributed by atoms with Crippen LogP contribution in [0.2, 0.25) is 0 Å². The van der Waals surface area contributed by atoms with E-state index in [1.807, 2.05) is 18.2 Å². The second-order valence-corrected chi connectivity index (χ2v) is 8.76. The zero-order valence-electron chi connectivity index (χ0n) is 17.5. The van der Waals surface area contributed by atoms with E-state index in [2.05, 4.69) is 42.1 Å². The van der Waals surface area contributed by atoms with Gasteiger partial charge in [-0.1, -0.05) is 11.3 Å². The van der Waals surface area contributed by atoms with Gasteiger partial charge in [0.1, 0.15) is 11.6 Å². The van der Waals surface area contributed by atoms with Crippen LogP contribution in [0.15, 0.2) is 49.1 Å². The molecule has 0 atom stereocenters. The van der Waals surface area contributed by atoms with Crippen molar-refractivity contribution in [1.29, 1.82) is 0 Å². The van der Waals surface area contributed by atoms with Crippen LogP contribution in [0.25, 0.3) is 21.3 Å². The van der Waals surface area contributed by atoms with Crippen molar-refractivity contribution in [3.63, 3.8) is 0 Å². The third-order valence-corrected chi connectivity index (χ3v) is 6.30. The van der Waals surface area contributed by atoms with E-state index in [1.165, 1.54) is 11.3 Å². The molecule has 10 heteroatoms. The van der Waals surface area contributed by atoms with E-state index in [4.69, 9.17) is 5.73 Å². The van der Waals surface area contributed by atoms with Crippen LogP contribution in [0.4, 0.5) is 16.8 Å². The maximum absolute atomic E-state index is 12.9. The summed E-state index contributed by atoms with van der Waals surface area (Å²) in [6.07, 6.45) is 6.84. The molecule has 32 heavy (non-hydrogen) atoms. The van der Waals surface area contributed by atoms with E-state index in [0.29, 0.717) is 16.5 Å². The zero-order valence-corrected chi connectivity index (χ0v) is 18.3. The van der Waals surface area contributed by atoms with Gasteiger partial charge in [0.25, 0.3) is 5.91 Å². The molecular weight excluding hydrogens is 424 g/mol. The molecule has 4 aromatic heterocycles. The molecule has 0 unspecified atom stereocenters. The molecular formula is C22H22N8OS. The lowest BCUT2D eigenvalue weighted by atomic mass is 10.2. The van der Waals surface area contributed by atoms with Crippen LogP contribution >= 0.6 is 11.3 Å². The van der Waals surface area contributed by atoms with Crippen LogP contribution in [-0.4, -0.2) is 64.0 Å². The van der Waals surface area contributed by atoms with Gasteiger partial charge in [0.15, 0.2) is 5.13 Å². The minimum absolute atomic E-state index is 0.223. The molecule has 0 spiro atoms. The maximum Gasteiger partial charge on any atom is 0.257 e. The summed E-state index contributed by atoms with van der Waals surface area (Å²) in [5.74, 6) is 1.07. The highest BCUT2D eigenvalue weighted by Crippen LogP contribution is 2.28. The molecule has 4 aromatic rings. The summed E-state index contributed by atoms with van der Waals surface area (Å²) >= 11 is 1.38. The number of nitrogens with one attached hydrogen (secondary N) is 1. The lowest BCUT2D eigenvalue weighted by Gasteiger charge is -2.33. The van der Waals surface area contributed by atoms with Crippen LogP contribution in [0.1, 0.15) is 10.4 Å². The fourth-order valence-corrected chi connectivity index (χ4v) is 4.26. The molecule has 5 rings (SSSR count). The number of likely N-dealkylation sites (N-methyl/N-ethyl adjacent to an activating group) is 1. The fourth-order valence-electron chi connectivity index (χ4n) is 3.60. The number of hydrogen-bond donors (Lipinski definition) is 2. The van der Waals surface area contributed by atoms with Gasteiger partial charge in [0, 0.05) is 61.9 Å². The molecule has 1 amide bonds. The molecule has 0 radical (unpaired) electrons. The van der Waals surface area contributed by atoms with Crippen LogP contribution < -0.4 is 16.0 Å². The second kappa shape index (κ2) is 8.48. The molecule has 5 heterocycles. The van der Waals surface area contributed by atoms with Crippen LogP contribution in [-0.2, 0) is 0 Å². The number of anilines is 3. The second-order valence-electron chi connectivity index (χ2n) is 7.70. The average molecular weight is 447 g/mol. The Bertz CT molecular complexity index is 1280. The summed E-state index contributed by atoms with van der Waals surface area (Å²) in [4.78, 5) is 35.6. The zero-order chi connectivity index (χ0) is 22.1. The van der Waals surface area contributed by atoms with E-state index in [-0.39, 0.29) is 5.91 Å². The number of hydrogen-bond acceptors (Lipinski definition) is 9. The molecule has 1 aliphatic heterocycles. The largest absolute Gasteiger partial charge is 0.375 e. The van der Waals surface area contributed by atoms with Gasteiger partial charge in [-0.05, 0) is 36.7 Å². The third kappa shape index (κ3) is 4.23.